The fourth-order valence-electron chi connectivity index (χ4n) is 1.88. The molecule has 1 aromatic carbocycles. The molecule has 1 aromatic rings. The standard InChI is InChI=1S/C13H15Cl2N/c14-12-4-3-11(9-13(12)15)2-1-10-5-7-16-8-6-10/h1,3-4,9,16H,2,5-8H2. The van der Waals surface area contributed by atoms with E-state index in [2.05, 4.69) is 11.4 Å². The van der Waals surface area contributed by atoms with Gasteiger partial charge >= 0.3 is 0 Å². The third kappa shape index (κ3) is 3.24. The van der Waals surface area contributed by atoms with Gasteiger partial charge in [-0.25, -0.2) is 0 Å². The lowest BCUT2D eigenvalue weighted by Gasteiger charge is -2.15. The molecule has 0 spiro atoms. The molecule has 1 aliphatic heterocycles. The highest BCUT2D eigenvalue weighted by Crippen LogP contribution is 2.23. The second-order valence-electron chi connectivity index (χ2n) is 4.06. The van der Waals surface area contributed by atoms with Gasteiger partial charge in [-0.15, -0.1) is 0 Å². The summed E-state index contributed by atoms with van der Waals surface area (Å²) in [6.45, 7) is 2.21. The third-order valence-electron chi connectivity index (χ3n) is 2.86. The van der Waals surface area contributed by atoms with Crippen molar-refractivity contribution in [3.05, 3.63) is 45.5 Å². The zero-order valence-electron chi connectivity index (χ0n) is 9.10. The molecule has 1 saturated heterocycles. The van der Waals surface area contributed by atoms with Crippen LogP contribution in [-0.2, 0) is 6.42 Å². The highest BCUT2D eigenvalue weighted by Gasteiger charge is 2.04. The molecule has 0 aromatic heterocycles. The molecule has 1 fully saturated rings. The second-order valence-corrected chi connectivity index (χ2v) is 4.88. The first-order valence-electron chi connectivity index (χ1n) is 5.58. The van der Waals surface area contributed by atoms with Crippen molar-refractivity contribution < 1.29 is 0 Å². The lowest BCUT2D eigenvalue weighted by Crippen LogP contribution is -2.23. The average molecular weight is 256 g/mol. The number of rotatable bonds is 2. The van der Waals surface area contributed by atoms with Gasteiger partial charge in [0.1, 0.15) is 0 Å². The van der Waals surface area contributed by atoms with Crippen molar-refractivity contribution in [1.29, 1.82) is 0 Å². The molecule has 0 atom stereocenters. The maximum Gasteiger partial charge on any atom is 0.0595 e. The Bertz CT molecular complexity index is 391. The Morgan fingerprint density at radius 3 is 2.56 bits per heavy atom. The first-order valence-corrected chi connectivity index (χ1v) is 6.34. The predicted octanol–water partition coefficient (Wildman–Crippen LogP) is 3.85. The van der Waals surface area contributed by atoms with Crippen molar-refractivity contribution in [2.75, 3.05) is 13.1 Å². The Kier molecular flexibility index (Phi) is 4.28. The topological polar surface area (TPSA) is 12.0 Å². The number of hydrogen-bond acceptors (Lipinski definition) is 1. The summed E-state index contributed by atoms with van der Waals surface area (Å²) in [4.78, 5) is 0. The van der Waals surface area contributed by atoms with E-state index in [1.807, 2.05) is 18.2 Å². The molecule has 1 nitrogen and oxygen atoms in total. The van der Waals surface area contributed by atoms with Crippen molar-refractivity contribution in [3.8, 4) is 0 Å². The van der Waals surface area contributed by atoms with Crippen molar-refractivity contribution in [2.45, 2.75) is 19.3 Å². The molecule has 0 bridgehead atoms. The van der Waals surface area contributed by atoms with Crippen molar-refractivity contribution in [1.82, 2.24) is 5.32 Å². The Labute approximate surface area is 106 Å². The van der Waals surface area contributed by atoms with Crippen molar-refractivity contribution in [3.63, 3.8) is 0 Å². The van der Waals surface area contributed by atoms with Gasteiger partial charge in [-0.05, 0) is 50.0 Å². The van der Waals surface area contributed by atoms with Gasteiger partial charge in [0.25, 0.3) is 0 Å². The van der Waals surface area contributed by atoms with Gasteiger partial charge in [0.15, 0.2) is 0 Å². The Balaban J connectivity index is 2.00. The van der Waals surface area contributed by atoms with Gasteiger partial charge in [-0.3, -0.25) is 0 Å². The summed E-state index contributed by atoms with van der Waals surface area (Å²) in [7, 11) is 0. The van der Waals surface area contributed by atoms with Crippen LogP contribution < -0.4 is 5.32 Å². The second kappa shape index (κ2) is 5.72. The maximum absolute atomic E-state index is 5.97. The third-order valence-corrected chi connectivity index (χ3v) is 3.60. The number of benzene rings is 1. The monoisotopic (exact) mass is 255 g/mol. The first kappa shape index (κ1) is 12.0. The minimum Gasteiger partial charge on any atom is -0.316 e. The molecule has 1 heterocycles. The fraction of sp³-hybridized carbons (Fsp3) is 0.385. The summed E-state index contributed by atoms with van der Waals surface area (Å²) >= 11 is 11.8. The van der Waals surface area contributed by atoms with Crippen LogP contribution in [0, 0.1) is 0 Å². The Morgan fingerprint density at radius 1 is 1.12 bits per heavy atom. The Morgan fingerprint density at radius 2 is 1.88 bits per heavy atom. The number of allylic oxidation sites excluding steroid dienone is 1. The van der Waals surface area contributed by atoms with Crippen LogP contribution in [0.5, 0.6) is 0 Å². The molecule has 0 aliphatic carbocycles. The molecule has 16 heavy (non-hydrogen) atoms. The molecule has 0 radical (unpaired) electrons. The van der Waals surface area contributed by atoms with Crippen molar-refractivity contribution in [2.24, 2.45) is 0 Å². The quantitative estimate of drug-likeness (QED) is 0.792. The number of piperidine rings is 1. The van der Waals surface area contributed by atoms with Crippen molar-refractivity contribution >= 4 is 23.2 Å². The highest BCUT2D eigenvalue weighted by atomic mass is 35.5. The number of halogens is 2. The van der Waals surface area contributed by atoms with Crippen LogP contribution in [0.1, 0.15) is 18.4 Å². The van der Waals surface area contributed by atoms with Gasteiger partial charge in [0, 0.05) is 0 Å². The number of hydrogen-bond donors (Lipinski definition) is 1. The number of nitrogens with one attached hydrogen (secondary N) is 1. The Hall–Kier alpha value is -0.500. The van der Waals surface area contributed by atoms with Gasteiger partial charge in [-0.1, -0.05) is 40.9 Å². The summed E-state index contributed by atoms with van der Waals surface area (Å²) in [5.41, 5.74) is 2.77. The molecule has 0 amide bonds. The summed E-state index contributed by atoms with van der Waals surface area (Å²) in [6.07, 6.45) is 5.61. The molecule has 86 valence electrons. The zero-order valence-corrected chi connectivity index (χ0v) is 10.6. The van der Waals surface area contributed by atoms with Crippen LogP contribution in [0.25, 0.3) is 0 Å². The van der Waals surface area contributed by atoms with E-state index in [-0.39, 0.29) is 0 Å². The minimum absolute atomic E-state index is 0.625. The molecule has 2 rings (SSSR count). The van der Waals surface area contributed by atoms with E-state index in [9.17, 15) is 0 Å². The van der Waals surface area contributed by atoms with E-state index >= 15 is 0 Å². The molecule has 0 saturated carbocycles. The molecular weight excluding hydrogens is 241 g/mol. The molecular formula is C13H15Cl2N. The van der Waals surface area contributed by atoms with Gasteiger partial charge in [0.05, 0.1) is 10.0 Å². The van der Waals surface area contributed by atoms with Crippen LogP contribution >= 0.6 is 23.2 Å². The largest absolute Gasteiger partial charge is 0.316 e. The van der Waals surface area contributed by atoms with Crippen LogP contribution in [0.15, 0.2) is 29.8 Å². The smallest absolute Gasteiger partial charge is 0.0595 e. The summed E-state index contributed by atoms with van der Waals surface area (Å²) < 4.78 is 0. The molecule has 3 heteroatoms. The molecule has 0 unspecified atom stereocenters. The average Bonchev–Trinajstić information content (AvgIpc) is 2.32. The van der Waals surface area contributed by atoms with E-state index in [0.29, 0.717) is 10.0 Å². The van der Waals surface area contributed by atoms with Gasteiger partial charge in [-0.2, -0.15) is 0 Å². The van der Waals surface area contributed by atoms with Crippen LogP contribution in [-0.4, -0.2) is 13.1 Å². The lowest BCUT2D eigenvalue weighted by molar-refractivity contribution is 0.608. The summed E-state index contributed by atoms with van der Waals surface area (Å²) in [6, 6.07) is 5.84. The van der Waals surface area contributed by atoms with Gasteiger partial charge < -0.3 is 5.32 Å². The summed E-state index contributed by atoms with van der Waals surface area (Å²) in [5.74, 6) is 0. The van der Waals surface area contributed by atoms with Gasteiger partial charge in [0.2, 0.25) is 0 Å². The van der Waals surface area contributed by atoms with Crippen LogP contribution in [0.2, 0.25) is 10.0 Å². The van der Waals surface area contributed by atoms with Crippen LogP contribution in [0.4, 0.5) is 0 Å². The first-order chi connectivity index (χ1) is 7.75. The highest BCUT2D eigenvalue weighted by molar-refractivity contribution is 6.42. The SMILES string of the molecule is Clc1ccc(CC=C2CCNCC2)cc1Cl. The predicted molar refractivity (Wildman–Crippen MR) is 70.4 cm³/mol. The molecule has 1 N–H and O–H groups in total. The lowest BCUT2D eigenvalue weighted by atomic mass is 10.0. The van der Waals surface area contributed by atoms with E-state index in [0.717, 1.165) is 19.5 Å². The molecule has 1 aliphatic rings. The van der Waals surface area contributed by atoms with Crippen LogP contribution in [0.3, 0.4) is 0 Å². The minimum atomic E-state index is 0.625. The van der Waals surface area contributed by atoms with E-state index < -0.39 is 0 Å². The fourth-order valence-corrected chi connectivity index (χ4v) is 2.20. The van der Waals surface area contributed by atoms with E-state index in [1.165, 1.54) is 18.4 Å². The maximum atomic E-state index is 5.97. The van der Waals surface area contributed by atoms with E-state index in [4.69, 9.17) is 23.2 Å². The van der Waals surface area contributed by atoms with E-state index in [1.54, 1.807) is 5.57 Å². The summed E-state index contributed by atoms with van der Waals surface area (Å²) in [5, 5.41) is 4.62. The normalized spacial score (nSPS) is 16.2. The zero-order chi connectivity index (χ0) is 11.4.